The highest BCUT2D eigenvalue weighted by atomic mass is 79.9. The van der Waals surface area contributed by atoms with Crippen LogP contribution in [0.3, 0.4) is 0 Å². The van der Waals surface area contributed by atoms with Crippen LogP contribution in [-0.4, -0.2) is 18.4 Å². The van der Waals surface area contributed by atoms with Crippen LogP contribution in [0.4, 0.5) is 14.5 Å². The molecular formula is C11H9BrF2N2O2. The van der Waals surface area contributed by atoms with Crippen molar-refractivity contribution < 1.29 is 18.4 Å². The number of hydrogen-bond donors (Lipinski definition) is 2. The molecule has 0 aromatic heterocycles. The van der Waals surface area contributed by atoms with Crippen molar-refractivity contribution >= 4 is 33.4 Å². The molecule has 7 heteroatoms. The van der Waals surface area contributed by atoms with Crippen LogP contribution in [0.25, 0.3) is 0 Å². The molecule has 2 N–H and O–H groups in total. The summed E-state index contributed by atoms with van der Waals surface area (Å²) in [5, 5.41) is 4.65. The molecule has 1 unspecified atom stereocenters. The number of nitrogens with one attached hydrogen (secondary N) is 2. The minimum Gasteiger partial charge on any atom is -0.355 e. The van der Waals surface area contributed by atoms with Crippen molar-refractivity contribution in [3.05, 3.63) is 28.2 Å². The Morgan fingerprint density at radius 2 is 2.00 bits per heavy atom. The van der Waals surface area contributed by atoms with Gasteiger partial charge in [-0.2, -0.15) is 0 Å². The molecule has 18 heavy (non-hydrogen) atoms. The van der Waals surface area contributed by atoms with Crippen LogP contribution in [0.2, 0.25) is 0 Å². The Morgan fingerprint density at radius 3 is 2.50 bits per heavy atom. The van der Waals surface area contributed by atoms with E-state index in [9.17, 15) is 18.4 Å². The maximum absolute atomic E-state index is 13.5. The fraction of sp³-hybridized carbons (Fsp3) is 0.273. The Labute approximate surface area is 110 Å². The van der Waals surface area contributed by atoms with Crippen LogP contribution in [0.5, 0.6) is 0 Å². The van der Waals surface area contributed by atoms with Crippen LogP contribution in [0.1, 0.15) is 6.42 Å². The van der Waals surface area contributed by atoms with Crippen molar-refractivity contribution in [2.45, 2.75) is 6.42 Å². The van der Waals surface area contributed by atoms with Gasteiger partial charge in [-0.05, 0) is 12.1 Å². The molecule has 1 heterocycles. The summed E-state index contributed by atoms with van der Waals surface area (Å²) >= 11 is 2.94. The predicted octanol–water partition coefficient (Wildman–Crippen LogP) is 1.80. The van der Waals surface area contributed by atoms with E-state index in [2.05, 4.69) is 26.6 Å². The lowest BCUT2D eigenvalue weighted by molar-refractivity contribution is -0.123. The molecule has 96 valence electrons. The average molecular weight is 319 g/mol. The molecule has 0 spiro atoms. The van der Waals surface area contributed by atoms with E-state index in [1.165, 1.54) is 0 Å². The van der Waals surface area contributed by atoms with Gasteiger partial charge in [0.05, 0.1) is 5.92 Å². The molecule has 1 aromatic rings. The molecule has 0 aliphatic carbocycles. The van der Waals surface area contributed by atoms with Crippen LogP contribution in [-0.2, 0) is 9.59 Å². The second kappa shape index (κ2) is 5.01. The van der Waals surface area contributed by atoms with Crippen molar-refractivity contribution in [1.29, 1.82) is 0 Å². The van der Waals surface area contributed by atoms with Gasteiger partial charge >= 0.3 is 0 Å². The summed E-state index contributed by atoms with van der Waals surface area (Å²) in [7, 11) is 0. The van der Waals surface area contributed by atoms with E-state index in [0.29, 0.717) is 0 Å². The van der Waals surface area contributed by atoms with E-state index in [-0.39, 0.29) is 23.3 Å². The number of rotatable bonds is 2. The average Bonchev–Trinajstić information content (AvgIpc) is 2.70. The molecule has 0 radical (unpaired) electrons. The summed E-state index contributed by atoms with van der Waals surface area (Å²) in [6, 6.07) is 2.10. The first kappa shape index (κ1) is 12.9. The van der Waals surface area contributed by atoms with Crippen molar-refractivity contribution in [1.82, 2.24) is 5.32 Å². The Morgan fingerprint density at radius 1 is 1.39 bits per heavy atom. The normalized spacial score (nSPS) is 18.6. The minimum atomic E-state index is -0.868. The van der Waals surface area contributed by atoms with Gasteiger partial charge in [0.1, 0.15) is 5.69 Å². The number of amides is 2. The zero-order valence-corrected chi connectivity index (χ0v) is 10.7. The Balaban J connectivity index is 2.14. The molecule has 1 saturated heterocycles. The molecule has 2 rings (SSSR count). The molecule has 4 nitrogen and oxygen atoms in total. The number of halogens is 3. The van der Waals surface area contributed by atoms with Gasteiger partial charge < -0.3 is 10.6 Å². The summed E-state index contributed by atoms with van der Waals surface area (Å²) in [6.07, 6.45) is 0.0333. The smallest absolute Gasteiger partial charge is 0.229 e. The van der Waals surface area contributed by atoms with Gasteiger partial charge in [0.25, 0.3) is 0 Å². The molecule has 1 aromatic carbocycles. The van der Waals surface area contributed by atoms with Crippen molar-refractivity contribution in [3.8, 4) is 0 Å². The van der Waals surface area contributed by atoms with Crippen LogP contribution in [0, 0.1) is 17.6 Å². The maximum atomic E-state index is 13.5. The lowest BCUT2D eigenvalue weighted by Gasteiger charge is -2.11. The second-order valence-electron chi connectivity index (χ2n) is 3.94. The van der Waals surface area contributed by atoms with Gasteiger partial charge in [-0.15, -0.1) is 0 Å². The molecule has 1 atom stereocenters. The van der Waals surface area contributed by atoms with E-state index in [1.807, 2.05) is 0 Å². The van der Waals surface area contributed by atoms with E-state index >= 15 is 0 Å². The Bertz CT molecular complexity index is 499. The first-order valence-electron chi connectivity index (χ1n) is 5.19. The number of anilines is 1. The van der Waals surface area contributed by atoms with Crippen molar-refractivity contribution in [3.63, 3.8) is 0 Å². The number of hydrogen-bond acceptors (Lipinski definition) is 2. The quantitative estimate of drug-likeness (QED) is 0.873. The van der Waals surface area contributed by atoms with Gasteiger partial charge in [0.2, 0.25) is 11.8 Å². The fourth-order valence-corrected chi connectivity index (χ4v) is 2.08. The Kier molecular flexibility index (Phi) is 3.60. The fourth-order valence-electron chi connectivity index (χ4n) is 1.68. The van der Waals surface area contributed by atoms with Crippen LogP contribution >= 0.6 is 15.9 Å². The Hall–Kier alpha value is -1.50. The monoisotopic (exact) mass is 318 g/mol. The zero-order valence-electron chi connectivity index (χ0n) is 9.10. The van der Waals surface area contributed by atoms with Crippen LogP contribution in [0.15, 0.2) is 16.6 Å². The van der Waals surface area contributed by atoms with E-state index in [1.54, 1.807) is 0 Å². The molecule has 1 fully saturated rings. The number of carbonyl (C=O) groups is 2. The highest BCUT2D eigenvalue weighted by Gasteiger charge is 2.29. The molecule has 2 amide bonds. The largest absolute Gasteiger partial charge is 0.355 e. The second-order valence-corrected chi connectivity index (χ2v) is 4.85. The maximum Gasteiger partial charge on any atom is 0.229 e. The molecule has 1 aliphatic heterocycles. The lowest BCUT2D eigenvalue weighted by Crippen LogP contribution is -2.25. The number of benzene rings is 1. The third kappa shape index (κ3) is 2.66. The van der Waals surface area contributed by atoms with Crippen molar-refractivity contribution in [2.24, 2.45) is 5.92 Å². The lowest BCUT2D eigenvalue weighted by atomic mass is 10.1. The third-order valence-electron chi connectivity index (χ3n) is 2.60. The van der Waals surface area contributed by atoms with Gasteiger partial charge in [-0.3, -0.25) is 9.59 Å². The molecule has 0 saturated carbocycles. The topological polar surface area (TPSA) is 58.2 Å². The highest BCUT2D eigenvalue weighted by molar-refractivity contribution is 9.10. The van der Waals surface area contributed by atoms with Gasteiger partial charge in [0.15, 0.2) is 11.6 Å². The minimum absolute atomic E-state index is 0.0333. The summed E-state index contributed by atoms with van der Waals surface area (Å²) in [6.45, 7) is 0.185. The summed E-state index contributed by atoms with van der Waals surface area (Å²) in [4.78, 5) is 22.6. The van der Waals surface area contributed by atoms with E-state index in [4.69, 9.17) is 0 Å². The summed E-state index contributed by atoms with van der Waals surface area (Å²) in [5.41, 5.74) is -0.498. The summed E-state index contributed by atoms with van der Waals surface area (Å²) < 4.78 is 27.2. The summed E-state index contributed by atoms with van der Waals surface area (Å²) in [5.74, 6) is -3.15. The molecular weight excluding hydrogens is 310 g/mol. The van der Waals surface area contributed by atoms with Gasteiger partial charge in [-0.1, -0.05) is 15.9 Å². The van der Waals surface area contributed by atoms with E-state index in [0.717, 1.165) is 12.1 Å². The third-order valence-corrected chi connectivity index (χ3v) is 3.06. The van der Waals surface area contributed by atoms with Gasteiger partial charge in [-0.25, -0.2) is 8.78 Å². The number of carbonyl (C=O) groups excluding carboxylic acids is 2. The van der Waals surface area contributed by atoms with Crippen molar-refractivity contribution in [2.75, 3.05) is 11.9 Å². The van der Waals surface area contributed by atoms with E-state index < -0.39 is 29.1 Å². The molecule has 1 aliphatic rings. The SMILES string of the molecule is O=C1CC(C(=O)Nc2c(F)cc(Br)cc2F)CN1. The first-order valence-corrected chi connectivity index (χ1v) is 5.99. The standard InChI is InChI=1S/C11H9BrF2N2O2/c12-6-2-7(13)10(8(14)3-6)16-11(18)5-1-9(17)15-4-5/h2-3,5H,1,4H2,(H,15,17)(H,16,18). The zero-order chi connectivity index (χ0) is 13.3. The predicted molar refractivity (Wildman–Crippen MR) is 63.8 cm³/mol. The molecule has 0 bridgehead atoms. The van der Waals surface area contributed by atoms with Crippen LogP contribution < -0.4 is 10.6 Å². The highest BCUT2D eigenvalue weighted by Crippen LogP contribution is 2.24. The first-order chi connectivity index (χ1) is 8.47. The van der Waals surface area contributed by atoms with Gasteiger partial charge in [0, 0.05) is 17.4 Å².